The molecule has 26 heavy (non-hydrogen) atoms. The van der Waals surface area contributed by atoms with Gasteiger partial charge in [0.05, 0.1) is 0 Å². The van der Waals surface area contributed by atoms with Crippen molar-refractivity contribution in [1.82, 2.24) is 0 Å². The number of nitrogens with one attached hydrogen (secondary N) is 2. The molecule has 0 atom stereocenters. The van der Waals surface area contributed by atoms with Gasteiger partial charge < -0.3 is 10.6 Å². The molecule has 130 valence electrons. The number of anilines is 2. The lowest BCUT2D eigenvalue weighted by atomic mass is 10.1. The van der Waals surface area contributed by atoms with Crippen molar-refractivity contribution in [2.24, 2.45) is 0 Å². The van der Waals surface area contributed by atoms with Gasteiger partial charge in [-0.2, -0.15) is 0 Å². The molecule has 2 amide bonds. The van der Waals surface area contributed by atoms with Gasteiger partial charge in [-0.05, 0) is 61.0 Å². The van der Waals surface area contributed by atoms with Crippen LogP contribution >= 0.6 is 0 Å². The molecule has 4 nitrogen and oxygen atoms in total. The SMILES string of the molecule is Cc1ccccc1C(=O)Nc1cccc(C(=O)Nc2ccc(F)cc2)c1. The average molecular weight is 348 g/mol. The first-order valence-corrected chi connectivity index (χ1v) is 8.07. The van der Waals surface area contributed by atoms with E-state index < -0.39 is 0 Å². The predicted octanol–water partition coefficient (Wildman–Crippen LogP) is 4.64. The summed E-state index contributed by atoms with van der Waals surface area (Å²) in [7, 11) is 0. The van der Waals surface area contributed by atoms with E-state index in [0.717, 1.165) is 5.56 Å². The van der Waals surface area contributed by atoms with Crippen LogP contribution in [0.25, 0.3) is 0 Å². The normalized spacial score (nSPS) is 10.2. The molecule has 5 heteroatoms. The summed E-state index contributed by atoms with van der Waals surface area (Å²) in [6.07, 6.45) is 0. The fourth-order valence-electron chi connectivity index (χ4n) is 2.50. The summed E-state index contributed by atoms with van der Waals surface area (Å²) in [5, 5.41) is 5.49. The predicted molar refractivity (Wildman–Crippen MR) is 99.9 cm³/mol. The number of rotatable bonds is 4. The maximum Gasteiger partial charge on any atom is 0.255 e. The number of carbonyl (C=O) groups excluding carboxylic acids is 2. The van der Waals surface area contributed by atoms with E-state index in [1.165, 1.54) is 24.3 Å². The molecular weight excluding hydrogens is 331 g/mol. The molecule has 3 aromatic carbocycles. The van der Waals surface area contributed by atoms with Crippen LogP contribution in [-0.2, 0) is 0 Å². The zero-order valence-corrected chi connectivity index (χ0v) is 14.1. The van der Waals surface area contributed by atoms with Crippen LogP contribution in [0, 0.1) is 12.7 Å². The fraction of sp³-hybridized carbons (Fsp3) is 0.0476. The van der Waals surface area contributed by atoms with Gasteiger partial charge in [-0.3, -0.25) is 9.59 Å². The highest BCUT2D eigenvalue weighted by Gasteiger charge is 2.11. The minimum atomic E-state index is -0.371. The molecule has 3 aromatic rings. The number of aryl methyl sites for hydroxylation is 1. The highest BCUT2D eigenvalue weighted by Crippen LogP contribution is 2.16. The molecule has 0 bridgehead atoms. The van der Waals surface area contributed by atoms with Gasteiger partial charge in [-0.1, -0.05) is 24.3 Å². The Labute approximate surface area is 150 Å². The highest BCUT2D eigenvalue weighted by atomic mass is 19.1. The minimum absolute atomic E-state index is 0.237. The van der Waals surface area contributed by atoms with Crippen molar-refractivity contribution in [2.45, 2.75) is 6.92 Å². The molecule has 0 heterocycles. The van der Waals surface area contributed by atoms with Gasteiger partial charge in [0.2, 0.25) is 0 Å². The van der Waals surface area contributed by atoms with Gasteiger partial charge in [0, 0.05) is 22.5 Å². The van der Waals surface area contributed by atoms with Gasteiger partial charge in [-0.15, -0.1) is 0 Å². The monoisotopic (exact) mass is 348 g/mol. The third-order valence-corrected chi connectivity index (χ3v) is 3.87. The van der Waals surface area contributed by atoms with Gasteiger partial charge in [0.1, 0.15) is 5.82 Å². The second-order valence-electron chi connectivity index (χ2n) is 5.81. The topological polar surface area (TPSA) is 58.2 Å². The largest absolute Gasteiger partial charge is 0.322 e. The van der Waals surface area contributed by atoms with Crippen LogP contribution < -0.4 is 10.6 Å². The number of benzene rings is 3. The van der Waals surface area contributed by atoms with Crippen molar-refractivity contribution in [3.05, 3.63) is 95.3 Å². The lowest BCUT2D eigenvalue weighted by Crippen LogP contribution is -2.15. The van der Waals surface area contributed by atoms with Crippen molar-refractivity contribution in [3.63, 3.8) is 0 Å². The van der Waals surface area contributed by atoms with E-state index >= 15 is 0 Å². The molecule has 0 radical (unpaired) electrons. The Morgan fingerprint density at radius 3 is 2.19 bits per heavy atom. The molecule has 0 aliphatic rings. The van der Waals surface area contributed by atoms with E-state index in [1.807, 2.05) is 19.1 Å². The standard InChI is InChI=1S/C21H17FN2O2/c1-14-5-2-3-8-19(14)21(26)24-18-7-4-6-15(13-18)20(25)23-17-11-9-16(22)10-12-17/h2-13H,1H3,(H,23,25)(H,24,26). The third kappa shape index (κ3) is 4.13. The summed E-state index contributed by atoms with van der Waals surface area (Å²) in [5.41, 5.74) is 2.84. The summed E-state index contributed by atoms with van der Waals surface area (Å²) >= 11 is 0. The fourth-order valence-corrected chi connectivity index (χ4v) is 2.50. The quantitative estimate of drug-likeness (QED) is 0.722. The highest BCUT2D eigenvalue weighted by molar-refractivity contribution is 6.07. The van der Waals surface area contributed by atoms with Gasteiger partial charge >= 0.3 is 0 Å². The molecule has 0 fully saturated rings. The van der Waals surface area contributed by atoms with E-state index in [-0.39, 0.29) is 17.6 Å². The van der Waals surface area contributed by atoms with Crippen LogP contribution in [0.15, 0.2) is 72.8 Å². The summed E-state index contributed by atoms with van der Waals surface area (Å²) in [6.45, 7) is 1.86. The molecule has 0 aliphatic heterocycles. The minimum Gasteiger partial charge on any atom is -0.322 e. The molecular formula is C21H17FN2O2. The Morgan fingerprint density at radius 2 is 1.46 bits per heavy atom. The lowest BCUT2D eigenvalue weighted by Gasteiger charge is -2.10. The van der Waals surface area contributed by atoms with Crippen LogP contribution in [0.4, 0.5) is 15.8 Å². The molecule has 3 rings (SSSR count). The number of carbonyl (C=O) groups is 2. The van der Waals surface area contributed by atoms with Crippen molar-refractivity contribution < 1.29 is 14.0 Å². The smallest absolute Gasteiger partial charge is 0.255 e. The Bertz CT molecular complexity index is 952. The Morgan fingerprint density at radius 1 is 0.769 bits per heavy atom. The van der Waals surface area contributed by atoms with Crippen molar-refractivity contribution in [3.8, 4) is 0 Å². The van der Waals surface area contributed by atoms with E-state index in [4.69, 9.17) is 0 Å². The van der Waals surface area contributed by atoms with Crippen molar-refractivity contribution >= 4 is 23.2 Å². The van der Waals surface area contributed by atoms with Gasteiger partial charge in [-0.25, -0.2) is 4.39 Å². The van der Waals surface area contributed by atoms with Crippen molar-refractivity contribution in [2.75, 3.05) is 10.6 Å². The molecule has 0 saturated carbocycles. The van der Waals surface area contributed by atoms with Crippen LogP contribution in [0.2, 0.25) is 0 Å². The Kier molecular flexibility index (Phi) is 5.08. The first kappa shape index (κ1) is 17.4. The molecule has 0 unspecified atom stereocenters. The third-order valence-electron chi connectivity index (χ3n) is 3.87. The van der Waals surface area contributed by atoms with Gasteiger partial charge in [0.15, 0.2) is 0 Å². The first-order valence-electron chi connectivity index (χ1n) is 8.07. The maximum absolute atomic E-state index is 12.9. The second kappa shape index (κ2) is 7.61. The van der Waals surface area contributed by atoms with Crippen LogP contribution in [-0.4, -0.2) is 11.8 Å². The maximum atomic E-state index is 12.9. The summed E-state index contributed by atoms with van der Waals surface area (Å²) in [6, 6.07) is 19.4. The zero-order valence-electron chi connectivity index (χ0n) is 14.1. The van der Waals surface area contributed by atoms with Crippen LogP contribution in [0.3, 0.4) is 0 Å². The Hall–Kier alpha value is -3.47. The molecule has 0 spiro atoms. The lowest BCUT2D eigenvalue weighted by molar-refractivity contribution is 0.101. The van der Waals surface area contributed by atoms with Crippen LogP contribution in [0.5, 0.6) is 0 Å². The number of halogens is 1. The van der Waals surface area contributed by atoms with E-state index in [9.17, 15) is 14.0 Å². The van der Waals surface area contributed by atoms with E-state index in [2.05, 4.69) is 10.6 Å². The molecule has 0 aromatic heterocycles. The summed E-state index contributed by atoms with van der Waals surface area (Å²) in [5.74, 6) is -0.952. The first-order chi connectivity index (χ1) is 12.5. The summed E-state index contributed by atoms with van der Waals surface area (Å²) < 4.78 is 12.9. The molecule has 2 N–H and O–H groups in total. The number of hydrogen-bond acceptors (Lipinski definition) is 2. The van der Waals surface area contributed by atoms with E-state index in [0.29, 0.717) is 22.5 Å². The summed E-state index contributed by atoms with van der Waals surface area (Å²) in [4.78, 5) is 24.7. The van der Waals surface area contributed by atoms with Crippen LogP contribution in [0.1, 0.15) is 26.3 Å². The Balaban J connectivity index is 1.73. The zero-order chi connectivity index (χ0) is 18.5. The molecule has 0 saturated heterocycles. The number of hydrogen-bond donors (Lipinski definition) is 2. The number of amides is 2. The van der Waals surface area contributed by atoms with Gasteiger partial charge in [0.25, 0.3) is 11.8 Å². The average Bonchev–Trinajstić information content (AvgIpc) is 2.64. The molecule has 0 aliphatic carbocycles. The van der Waals surface area contributed by atoms with E-state index in [1.54, 1.807) is 36.4 Å². The van der Waals surface area contributed by atoms with Crippen molar-refractivity contribution in [1.29, 1.82) is 0 Å². The second-order valence-corrected chi connectivity index (χ2v) is 5.81.